The van der Waals surface area contributed by atoms with E-state index in [-0.39, 0.29) is 24.4 Å². The van der Waals surface area contributed by atoms with Crippen LogP contribution in [0, 0.1) is 0 Å². The van der Waals surface area contributed by atoms with Gasteiger partial charge in [0.1, 0.15) is 5.75 Å². The molecule has 10 heteroatoms. The van der Waals surface area contributed by atoms with Crippen LogP contribution >= 0.6 is 11.8 Å². The monoisotopic (exact) mass is 440 g/mol. The summed E-state index contributed by atoms with van der Waals surface area (Å²) < 4.78 is 7.35. The third-order valence-electron chi connectivity index (χ3n) is 5.05. The molecule has 1 saturated heterocycles. The van der Waals surface area contributed by atoms with E-state index >= 15 is 0 Å². The fourth-order valence-electron chi connectivity index (χ4n) is 3.49. The Morgan fingerprint density at radius 2 is 2.19 bits per heavy atom. The molecule has 0 spiro atoms. The number of aromatic nitrogens is 4. The van der Waals surface area contributed by atoms with Gasteiger partial charge in [-0.1, -0.05) is 36.0 Å². The number of para-hydroxylation sites is 1. The van der Waals surface area contributed by atoms with Crippen molar-refractivity contribution >= 4 is 23.5 Å². The minimum Gasteiger partial charge on any atom is -0.508 e. The molecule has 0 unspecified atom stereocenters. The Morgan fingerprint density at radius 1 is 1.32 bits per heavy atom. The van der Waals surface area contributed by atoms with Crippen molar-refractivity contribution in [3.63, 3.8) is 0 Å². The number of benzene rings is 2. The Balaban J connectivity index is 1.52. The number of hydrogen-bond acceptors (Lipinski definition) is 7. The number of carbonyl (C=O) groups is 1. The van der Waals surface area contributed by atoms with Gasteiger partial charge in [-0.25, -0.2) is 4.79 Å². The van der Waals surface area contributed by atoms with E-state index in [1.807, 2.05) is 42.7 Å². The van der Waals surface area contributed by atoms with Crippen molar-refractivity contribution in [2.24, 2.45) is 0 Å². The summed E-state index contributed by atoms with van der Waals surface area (Å²) in [7, 11) is 0. The fourth-order valence-corrected chi connectivity index (χ4v) is 3.92. The molecular formula is C21H24N6O3S. The third kappa shape index (κ3) is 5.15. The van der Waals surface area contributed by atoms with Gasteiger partial charge in [0.2, 0.25) is 5.16 Å². The van der Waals surface area contributed by atoms with Crippen LogP contribution < -0.4 is 5.32 Å². The summed E-state index contributed by atoms with van der Waals surface area (Å²) in [6.07, 6.45) is 3.79. The first-order chi connectivity index (χ1) is 15.1. The zero-order chi connectivity index (χ0) is 21.6. The summed E-state index contributed by atoms with van der Waals surface area (Å²) >= 11 is 1.44. The number of tetrazole rings is 1. The predicted molar refractivity (Wildman–Crippen MR) is 117 cm³/mol. The highest BCUT2D eigenvalue weighted by atomic mass is 32.2. The molecule has 3 aromatic rings. The first-order valence-electron chi connectivity index (χ1n) is 10.0. The highest BCUT2D eigenvalue weighted by Crippen LogP contribution is 2.22. The maximum Gasteiger partial charge on any atom is 0.322 e. The van der Waals surface area contributed by atoms with E-state index in [0.29, 0.717) is 29.6 Å². The van der Waals surface area contributed by atoms with E-state index in [4.69, 9.17) is 4.74 Å². The van der Waals surface area contributed by atoms with E-state index in [1.54, 1.807) is 21.7 Å². The summed E-state index contributed by atoms with van der Waals surface area (Å²) in [6.45, 7) is 1.44. The number of nitrogens with zero attached hydrogens (tertiary/aromatic N) is 5. The minimum atomic E-state index is -0.266. The predicted octanol–water partition coefficient (Wildman–Crippen LogP) is 3.30. The van der Waals surface area contributed by atoms with Gasteiger partial charge in [0, 0.05) is 24.4 Å². The number of carbonyl (C=O) groups excluding carboxylic acids is 1. The average molecular weight is 441 g/mol. The summed E-state index contributed by atoms with van der Waals surface area (Å²) in [5, 5.41) is 25.5. The molecule has 2 heterocycles. The summed E-state index contributed by atoms with van der Waals surface area (Å²) in [4.78, 5) is 14.8. The maximum absolute atomic E-state index is 13.2. The van der Waals surface area contributed by atoms with Crippen LogP contribution in [0.5, 0.6) is 5.75 Å². The van der Waals surface area contributed by atoms with E-state index in [1.165, 1.54) is 11.8 Å². The van der Waals surface area contributed by atoms with Crippen LogP contribution in [-0.4, -0.2) is 61.8 Å². The molecule has 0 saturated carbocycles. The van der Waals surface area contributed by atoms with Crippen LogP contribution in [0.2, 0.25) is 0 Å². The number of hydrogen-bond donors (Lipinski definition) is 2. The normalized spacial score (nSPS) is 15.7. The Bertz CT molecular complexity index is 1040. The second kappa shape index (κ2) is 9.80. The SMILES string of the molecule is CSc1nnnn1-c1cccc(NC(=O)N(Cc2ccccc2O)C[C@@H]2CCCO2)c1. The molecule has 0 aliphatic carbocycles. The van der Waals surface area contributed by atoms with Crippen molar-refractivity contribution in [2.75, 3.05) is 24.7 Å². The molecule has 1 aromatic heterocycles. The number of ether oxygens (including phenoxy) is 1. The fraction of sp³-hybridized carbons (Fsp3) is 0.333. The number of thioether (sulfide) groups is 1. The summed E-state index contributed by atoms with van der Waals surface area (Å²) in [6, 6.07) is 14.1. The molecule has 2 amide bonds. The number of urea groups is 1. The van der Waals surface area contributed by atoms with Gasteiger partial charge >= 0.3 is 6.03 Å². The van der Waals surface area contributed by atoms with Gasteiger partial charge < -0.3 is 20.1 Å². The van der Waals surface area contributed by atoms with Crippen molar-refractivity contribution in [1.82, 2.24) is 25.1 Å². The van der Waals surface area contributed by atoms with Crippen molar-refractivity contribution < 1.29 is 14.6 Å². The minimum absolute atomic E-state index is 0.00620. The number of phenols is 1. The molecule has 9 nitrogen and oxygen atoms in total. The number of amides is 2. The van der Waals surface area contributed by atoms with Crippen LogP contribution in [0.3, 0.4) is 0 Å². The van der Waals surface area contributed by atoms with Gasteiger partial charge in [-0.15, -0.1) is 5.10 Å². The molecule has 162 valence electrons. The Morgan fingerprint density at radius 3 is 2.97 bits per heavy atom. The lowest BCUT2D eigenvalue weighted by atomic mass is 10.1. The zero-order valence-corrected chi connectivity index (χ0v) is 18.0. The van der Waals surface area contributed by atoms with Crippen LogP contribution in [0.25, 0.3) is 5.69 Å². The quantitative estimate of drug-likeness (QED) is 0.543. The second-order valence-corrected chi connectivity index (χ2v) is 7.98. The Hall–Kier alpha value is -3.11. The van der Waals surface area contributed by atoms with Crippen LogP contribution in [0.1, 0.15) is 18.4 Å². The highest BCUT2D eigenvalue weighted by molar-refractivity contribution is 7.98. The molecule has 1 atom stereocenters. The molecular weight excluding hydrogens is 416 g/mol. The second-order valence-electron chi connectivity index (χ2n) is 7.20. The van der Waals surface area contributed by atoms with E-state index in [0.717, 1.165) is 18.5 Å². The molecule has 31 heavy (non-hydrogen) atoms. The molecule has 0 radical (unpaired) electrons. The zero-order valence-electron chi connectivity index (χ0n) is 17.1. The number of nitrogens with one attached hydrogen (secondary N) is 1. The molecule has 1 aliphatic rings. The van der Waals surface area contributed by atoms with Gasteiger partial charge in [0.25, 0.3) is 0 Å². The standard InChI is InChI=1S/C21H24N6O3S/c1-31-21-23-24-25-27(21)17-8-4-7-16(12-17)22-20(29)26(14-18-9-5-11-30-18)13-15-6-2-3-10-19(15)28/h2-4,6-8,10,12,18,28H,5,9,11,13-14H2,1H3,(H,22,29)/t18-/m0/s1. The smallest absolute Gasteiger partial charge is 0.322 e. The number of phenolic OH excluding ortho intramolecular Hbond substituents is 1. The van der Waals surface area contributed by atoms with Gasteiger partial charge in [-0.3, -0.25) is 0 Å². The van der Waals surface area contributed by atoms with E-state index in [2.05, 4.69) is 20.8 Å². The lowest BCUT2D eigenvalue weighted by Gasteiger charge is -2.26. The average Bonchev–Trinajstić information content (AvgIpc) is 3.46. The molecule has 2 N–H and O–H groups in total. The van der Waals surface area contributed by atoms with Gasteiger partial charge in [-0.05, 0) is 53.8 Å². The summed E-state index contributed by atoms with van der Waals surface area (Å²) in [5.41, 5.74) is 2.06. The van der Waals surface area contributed by atoms with Crippen LogP contribution in [0.4, 0.5) is 10.5 Å². The molecule has 1 fully saturated rings. The molecule has 4 rings (SSSR count). The number of anilines is 1. The maximum atomic E-state index is 13.2. The van der Waals surface area contributed by atoms with Crippen LogP contribution in [0.15, 0.2) is 53.7 Å². The lowest BCUT2D eigenvalue weighted by Crippen LogP contribution is -2.39. The highest BCUT2D eigenvalue weighted by Gasteiger charge is 2.24. The molecule has 0 bridgehead atoms. The van der Waals surface area contributed by atoms with Crippen molar-refractivity contribution in [2.45, 2.75) is 30.6 Å². The van der Waals surface area contributed by atoms with Gasteiger partial charge in [0.15, 0.2) is 0 Å². The Kier molecular flexibility index (Phi) is 6.68. The van der Waals surface area contributed by atoms with Crippen LogP contribution in [-0.2, 0) is 11.3 Å². The van der Waals surface area contributed by atoms with Gasteiger partial charge in [-0.2, -0.15) is 4.68 Å². The van der Waals surface area contributed by atoms with Gasteiger partial charge in [0.05, 0.1) is 18.3 Å². The first kappa shape index (κ1) is 21.1. The number of aromatic hydroxyl groups is 1. The van der Waals surface area contributed by atoms with Crippen molar-refractivity contribution in [3.8, 4) is 11.4 Å². The first-order valence-corrected chi connectivity index (χ1v) is 11.2. The Labute approximate surface area is 184 Å². The summed E-state index contributed by atoms with van der Waals surface area (Å²) in [5.74, 6) is 0.165. The lowest BCUT2D eigenvalue weighted by molar-refractivity contribution is 0.0817. The molecule has 2 aromatic carbocycles. The third-order valence-corrected chi connectivity index (χ3v) is 5.67. The number of rotatable bonds is 7. The topological polar surface area (TPSA) is 105 Å². The largest absolute Gasteiger partial charge is 0.508 e. The van der Waals surface area contributed by atoms with E-state index in [9.17, 15) is 9.90 Å². The molecule has 1 aliphatic heterocycles. The van der Waals surface area contributed by atoms with E-state index < -0.39 is 0 Å². The van der Waals surface area contributed by atoms with Crippen molar-refractivity contribution in [3.05, 3.63) is 54.1 Å². The van der Waals surface area contributed by atoms with Crippen molar-refractivity contribution in [1.29, 1.82) is 0 Å².